The van der Waals surface area contributed by atoms with Crippen LogP contribution >= 0.6 is 15.9 Å². The molecule has 0 bridgehead atoms. The molecule has 20 heavy (non-hydrogen) atoms. The Bertz CT molecular complexity index is 823. The van der Waals surface area contributed by atoms with E-state index in [0.717, 1.165) is 21.1 Å². The van der Waals surface area contributed by atoms with Crippen LogP contribution in [-0.4, -0.2) is 9.97 Å². The quantitative estimate of drug-likeness (QED) is 0.773. The molecule has 3 rings (SSSR count). The summed E-state index contributed by atoms with van der Waals surface area (Å²) in [5.41, 5.74) is 2.73. The Labute approximate surface area is 124 Å². The van der Waals surface area contributed by atoms with E-state index in [4.69, 9.17) is 5.26 Å². The maximum Gasteiger partial charge on any atom is 0.163 e. The summed E-state index contributed by atoms with van der Waals surface area (Å²) >= 11 is 3.41. The topological polar surface area (TPSA) is 61.6 Å². The van der Waals surface area contributed by atoms with Crippen molar-refractivity contribution in [3.63, 3.8) is 0 Å². The number of nitriles is 1. The van der Waals surface area contributed by atoms with E-state index in [9.17, 15) is 0 Å². The number of aromatic nitrogens is 2. The van der Waals surface area contributed by atoms with Gasteiger partial charge in [0.05, 0.1) is 16.9 Å². The molecule has 0 saturated heterocycles. The molecule has 0 unspecified atom stereocenters. The molecule has 3 aromatic rings. The van der Waals surface area contributed by atoms with Gasteiger partial charge in [0.25, 0.3) is 0 Å². The third-order valence-corrected chi connectivity index (χ3v) is 3.29. The van der Waals surface area contributed by atoms with Crippen LogP contribution in [0.5, 0.6) is 0 Å². The maximum atomic E-state index is 9.07. The van der Waals surface area contributed by atoms with Gasteiger partial charge in [-0.2, -0.15) is 5.26 Å². The van der Waals surface area contributed by atoms with Crippen LogP contribution in [0, 0.1) is 11.3 Å². The Morgan fingerprint density at radius 1 is 1.10 bits per heavy atom. The van der Waals surface area contributed by atoms with Crippen molar-refractivity contribution >= 4 is 38.2 Å². The lowest BCUT2D eigenvalue weighted by molar-refractivity contribution is 1.26. The van der Waals surface area contributed by atoms with Gasteiger partial charge in [0.2, 0.25) is 0 Å². The summed E-state index contributed by atoms with van der Waals surface area (Å²) in [6.45, 7) is 0. The van der Waals surface area contributed by atoms with E-state index in [2.05, 4.69) is 37.3 Å². The summed E-state index contributed by atoms with van der Waals surface area (Å²) in [6, 6.07) is 13.6. The predicted molar refractivity (Wildman–Crippen MR) is 81.7 cm³/mol. The number of hydrogen-bond donors (Lipinski definition) is 1. The third kappa shape index (κ3) is 2.33. The van der Waals surface area contributed by atoms with Gasteiger partial charge >= 0.3 is 0 Å². The normalized spacial score (nSPS) is 10.2. The first kappa shape index (κ1) is 12.6. The van der Waals surface area contributed by atoms with Crippen molar-refractivity contribution in [2.75, 3.05) is 5.32 Å². The smallest absolute Gasteiger partial charge is 0.163 e. The number of fused-ring (bicyclic) bond motifs is 1. The molecule has 2 heterocycles. The van der Waals surface area contributed by atoms with E-state index in [1.807, 2.05) is 30.3 Å². The predicted octanol–water partition coefficient (Wildman–Crippen LogP) is 4.01. The van der Waals surface area contributed by atoms with Crippen molar-refractivity contribution < 1.29 is 0 Å². The van der Waals surface area contributed by atoms with E-state index in [0.29, 0.717) is 11.4 Å². The van der Waals surface area contributed by atoms with E-state index in [1.165, 1.54) is 0 Å². The van der Waals surface area contributed by atoms with Gasteiger partial charge in [-0.3, -0.25) is 4.98 Å². The number of nitrogens with one attached hydrogen (secondary N) is 1. The summed E-state index contributed by atoms with van der Waals surface area (Å²) in [5, 5.41) is 13.3. The van der Waals surface area contributed by atoms with Crippen molar-refractivity contribution in [2.45, 2.75) is 0 Å². The van der Waals surface area contributed by atoms with Crippen LogP contribution in [0.1, 0.15) is 5.69 Å². The second-order valence-electron chi connectivity index (χ2n) is 4.17. The first-order chi connectivity index (χ1) is 9.78. The maximum absolute atomic E-state index is 9.07. The molecule has 0 aliphatic heterocycles. The zero-order valence-corrected chi connectivity index (χ0v) is 11.9. The molecule has 1 aromatic carbocycles. The number of nitrogens with zero attached hydrogens (tertiary/aromatic N) is 3. The fourth-order valence-electron chi connectivity index (χ4n) is 1.98. The zero-order valence-electron chi connectivity index (χ0n) is 10.3. The van der Waals surface area contributed by atoms with Crippen LogP contribution in [0.4, 0.5) is 11.4 Å². The number of anilines is 2. The molecular formula is C15H9BrN4. The molecule has 5 heteroatoms. The van der Waals surface area contributed by atoms with E-state index in [-0.39, 0.29) is 0 Å². The molecule has 0 radical (unpaired) electrons. The van der Waals surface area contributed by atoms with Gasteiger partial charge in [-0.05, 0) is 40.2 Å². The van der Waals surface area contributed by atoms with Crippen molar-refractivity contribution in [2.24, 2.45) is 0 Å². The largest absolute Gasteiger partial charge is 0.351 e. The highest BCUT2D eigenvalue weighted by Gasteiger charge is 2.06. The minimum absolute atomic E-state index is 0.363. The Hall–Kier alpha value is -2.45. The summed E-state index contributed by atoms with van der Waals surface area (Å²) in [7, 11) is 0. The van der Waals surface area contributed by atoms with Crippen LogP contribution in [0.25, 0.3) is 10.9 Å². The fraction of sp³-hybridized carbons (Fsp3) is 0. The summed E-state index contributed by atoms with van der Waals surface area (Å²) in [4.78, 5) is 8.46. The molecule has 1 N–H and O–H groups in total. The molecule has 0 atom stereocenters. The molecular weight excluding hydrogens is 316 g/mol. The van der Waals surface area contributed by atoms with Crippen molar-refractivity contribution in [1.82, 2.24) is 9.97 Å². The SMILES string of the molecule is N#Cc1ncccc1Nc1cccc2cc(Br)cnc12. The van der Waals surface area contributed by atoms with Crippen molar-refractivity contribution in [1.29, 1.82) is 5.26 Å². The van der Waals surface area contributed by atoms with Gasteiger partial charge in [0.1, 0.15) is 6.07 Å². The van der Waals surface area contributed by atoms with Crippen LogP contribution in [0.15, 0.2) is 53.3 Å². The number of hydrogen-bond acceptors (Lipinski definition) is 4. The van der Waals surface area contributed by atoms with Gasteiger partial charge < -0.3 is 5.32 Å². The molecule has 2 aromatic heterocycles. The number of pyridine rings is 2. The van der Waals surface area contributed by atoms with E-state index >= 15 is 0 Å². The summed E-state index contributed by atoms with van der Waals surface area (Å²) < 4.78 is 0.932. The second kappa shape index (κ2) is 5.27. The lowest BCUT2D eigenvalue weighted by Crippen LogP contribution is -1.97. The third-order valence-electron chi connectivity index (χ3n) is 2.86. The molecule has 0 aliphatic rings. The monoisotopic (exact) mass is 324 g/mol. The van der Waals surface area contributed by atoms with Crippen LogP contribution in [0.2, 0.25) is 0 Å². The van der Waals surface area contributed by atoms with Crippen molar-refractivity contribution in [3.8, 4) is 6.07 Å². The molecule has 0 fully saturated rings. The fourth-order valence-corrected chi connectivity index (χ4v) is 2.32. The number of benzene rings is 1. The van der Waals surface area contributed by atoms with Crippen molar-refractivity contribution in [3.05, 3.63) is 59.0 Å². The highest BCUT2D eigenvalue weighted by atomic mass is 79.9. The average molecular weight is 325 g/mol. The number of rotatable bonds is 2. The van der Waals surface area contributed by atoms with Gasteiger partial charge in [0, 0.05) is 22.3 Å². The average Bonchev–Trinajstić information content (AvgIpc) is 2.47. The van der Waals surface area contributed by atoms with Gasteiger partial charge in [-0.1, -0.05) is 12.1 Å². The Morgan fingerprint density at radius 2 is 1.95 bits per heavy atom. The zero-order chi connectivity index (χ0) is 13.9. The standard InChI is InChI=1S/C15H9BrN4/c16-11-7-10-3-1-4-13(15(10)19-9-11)20-12-5-2-6-18-14(12)8-17/h1-7,9,20H. The molecule has 4 nitrogen and oxygen atoms in total. The van der Waals surface area contributed by atoms with Crippen LogP contribution in [0.3, 0.4) is 0 Å². The summed E-state index contributed by atoms with van der Waals surface area (Å²) in [6.07, 6.45) is 3.35. The second-order valence-corrected chi connectivity index (χ2v) is 5.08. The van der Waals surface area contributed by atoms with E-state index in [1.54, 1.807) is 18.5 Å². The molecule has 0 spiro atoms. The Balaban J connectivity index is 2.10. The summed E-state index contributed by atoms with van der Waals surface area (Å²) in [5.74, 6) is 0. The number of para-hydroxylation sites is 1. The molecule has 96 valence electrons. The highest BCUT2D eigenvalue weighted by Crippen LogP contribution is 2.27. The lowest BCUT2D eigenvalue weighted by Gasteiger charge is -2.10. The first-order valence-corrected chi connectivity index (χ1v) is 6.73. The first-order valence-electron chi connectivity index (χ1n) is 5.94. The van der Waals surface area contributed by atoms with Crippen LogP contribution in [-0.2, 0) is 0 Å². The van der Waals surface area contributed by atoms with Gasteiger partial charge in [-0.25, -0.2) is 4.98 Å². The Morgan fingerprint density at radius 3 is 2.80 bits per heavy atom. The Kier molecular flexibility index (Phi) is 3.32. The van der Waals surface area contributed by atoms with Gasteiger partial charge in [-0.15, -0.1) is 0 Å². The number of halogens is 1. The lowest BCUT2D eigenvalue weighted by atomic mass is 10.2. The highest BCUT2D eigenvalue weighted by molar-refractivity contribution is 9.10. The minimum Gasteiger partial charge on any atom is -0.351 e. The molecule has 0 saturated carbocycles. The van der Waals surface area contributed by atoms with Gasteiger partial charge in [0.15, 0.2) is 5.69 Å². The minimum atomic E-state index is 0.363. The van der Waals surface area contributed by atoms with E-state index < -0.39 is 0 Å². The molecule has 0 aliphatic carbocycles. The molecule has 0 amide bonds. The van der Waals surface area contributed by atoms with Crippen LogP contribution < -0.4 is 5.32 Å².